The summed E-state index contributed by atoms with van der Waals surface area (Å²) in [6, 6.07) is 10.9. The summed E-state index contributed by atoms with van der Waals surface area (Å²) in [7, 11) is -7.33. The topological polar surface area (TPSA) is 177 Å². The third-order valence-electron chi connectivity index (χ3n) is 3.44. The standard InChI is InChI=1S/C15H13N3O4S.H3O4P/c1-18-13(15(20)17-12-8-4-5-9-16-12)14(19)10-6-2-3-7-11(10)23(18,21)22;1-5(2,3)4/h2-9,19H,1H3,(H,16,17,20);(H3,1,2,3,4). The minimum absolute atomic E-state index is 0.0469. The zero-order valence-electron chi connectivity index (χ0n) is 14.3. The average Bonchev–Trinajstić information content (AvgIpc) is 2.60. The molecule has 1 aliphatic rings. The predicted octanol–water partition coefficient (Wildman–Crippen LogP) is 0.652. The zero-order valence-corrected chi connectivity index (χ0v) is 16.0. The van der Waals surface area contributed by atoms with Gasteiger partial charge in [0.25, 0.3) is 15.9 Å². The number of aliphatic hydroxyl groups is 1. The number of hydrogen-bond donors (Lipinski definition) is 5. The molecule has 0 saturated heterocycles. The summed E-state index contributed by atoms with van der Waals surface area (Å²) in [5.74, 6) is -0.907. The van der Waals surface area contributed by atoms with Crippen LogP contribution >= 0.6 is 7.82 Å². The van der Waals surface area contributed by atoms with Gasteiger partial charge in [0, 0.05) is 18.8 Å². The van der Waals surface area contributed by atoms with Gasteiger partial charge in [-0.2, -0.15) is 0 Å². The van der Waals surface area contributed by atoms with Crippen molar-refractivity contribution in [3.8, 4) is 0 Å². The quantitative estimate of drug-likeness (QED) is 0.429. The molecular formula is C15H16N3O8PS. The van der Waals surface area contributed by atoms with Gasteiger partial charge in [0.15, 0.2) is 11.5 Å². The summed E-state index contributed by atoms with van der Waals surface area (Å²) in [5, 5.41) is 12.8. The van der Waals surface area contributed by atoms with E-state index in [1.165, 1.54) is 25.4 Å². The number of sulfonamides is 1. The molecule has 1 aliphatic heterocycles. The second-order valence-electron chi connectivity index (χ2n) is 5.35. The van der Waals surface area contributed by atoms with Gasteiger partial charge in [-0.25, -0.2) is 18.0 Å². The van der Waals surface area contributed by atoms with Crippen molar-refractivity contribution in [2.45, 2.75) is 4.90 Å². The van der Waals surface area contributed by atoms with Crippen molar-refractivity contribution in [3.63, 3.8) is 0 Å². The Balaban J connectivity index is 0.000000500. The van der Waals surface area contributed by atoms with Crippen molar-refractivity contribution in [1.29, 1.82) is 0 Å². The fraction of sp³-hybridized carbons (Fsp3) is 0.0667. The average molecular weight is 429 g/mol. The second kappa shape index (κ2) is 8.09. The number of anilines is 1. The van der Waals surface area contributed by atoms with Crippen molar-refractivity contribution in [2.24, 2.45) is 0 Å². The number of phosphoric acid groups is 1. The molecule has 0 spiro atoms. The van der Waals surface area contributed by atoms with Crippen molar-refractivity contribution in [3.05, 3.63) is 59.9 Å². The lowest BCUT2D eigenvalue weighted by molar-refractivity contribution is -0.113. The van der Waals surface area contributed by atoms with E-state index < -0.39 is 29.5 Å². The molecule has 28 heavy (non-hydrogen) atoms. The Bertz CT molecular complexity index is 1060. The first-order valence-corrected chi connectivity index (χ1v) is 10.5. The molecule has 5 N–H and O–H groups in total. The Kier molecular flexibility index (Phi) is 6.22. The van der Waals surface area contributed by atoms with Crippen molar-refractivity contribution in [1.82, 2.24) is 9.29 Å². The van der Waals surface area contributed by atoms with Gasteiger partial charge < -0.3 is 25.1 Å². The Morgan fingerprint density at radius 1 is 1.11 bits per heavy atom. The van der Waals surface area contributed by atoms with E-state index in [-0.39, 0.29) is 22.0 Å². The van der Waals surface area contributed by atoms with Gasteiger partial charge >= 0.3 is 7.82 Å². The normalized spacial score (nSPS) is 15.2. The van der Waals surface area contributed by atoms with E-state index >= 15 is 0 Å². The maximum atomic E-state index is 12.5. The van der Waals surface area contributed by atoms with Crippen LogP contribution in [0.15, 0.2) is 59.3 Å². The molecule has 1 amide bonds. The molecule has 0 unspecified atom stereocenters. The second-order valence-corrected chi connectivity index (χ2v) is 8.31. The van der Waals surface area contributed by atoms with Crippen LogP contribution < -0.4 is 5.32 Å². The lowest BCUT2D eigenvalue weighted by Crippen LogP contribution is -2.37. The highest BCUT2D eigenvalue weighted by molar-refractivity contribution is 7.89. The van der Waals surface area contributed by atoms with Crippen LogP contribution in [0.4, 0.5) is 5.82 Å². The maximum absolute atomic E-state index is 12.5. The van der Waals surface area contributed by atoms with Crippen LogP contribution in [0.1, 0.15) is 5.56 Å². The number of carbonyl (C=O) groups excluding carboxylic acids is 1. The molecule has 11 nitrogen and oxygen atoms in total. The number of carbonyl (C=O) groups is 1. The zero-order chi connectivity index (χ0) is 21.1. The number of likely N-dealkylation sites (N-methyl/N-ethyl adjacent to an activating group) is 1. The molecule has 1 aromatic heterocycles. The monoisotopic (exact) mass is 429 g/mol. The Hall–Kier alpha value is -2.76. The molecule has 0 aliphatic carbocycles. The molecule has 0 saturated carbocycles. The van der Waals surface area contributed by atoms with Crippen molar-refractivity contribution in [2.75, 3.05) is 12.4 Å². The van der Waals surface area contributed by atoms with Gasteiger partial charge in [0.05, 0.1) is 4.90 Å². The number of benzene rings is 1. The fourth-order valence-electron chi connectivity index (χ4n) is 2.29. The molecule has 2 aromatic rings. The van der Waals surface area contributed by atoms with E-state index in [0.717, 1.165) is 4.31 Å². The number of fused-ring (bicyclic) bond motifs is 1. The molecule has 0 fully saturated rings. The van der Waals surface area contributed by atoms with Crippen LogP contribution in [0.3, 0.4) is 0 Å². The number of nitrogens with one attached hydrogen (secondary N) is 1. The van der Waals surface area contributed by atoms with Gasteiger partial charge in [-0.1, -0.05) is 18.2 Å². The van der Waals surface area contributed by atoms with Crippen LogP contribution in [0.25, 0.3) is 5.76 Å². The van der Waals surface area contributed by atoms with Gasteiger partial charge in [-0.15, -0.1) is 0 Å². The summed E-state index contributed by atoms with van der Waals surface area (Å²) in [5.41, 5.74) is -0.258. The van der Waals surface area contributed by atoms with E-state index in [4.69, 9.17) is 19.2 Å². The van der Waals surface area contributed by atoms with Gasteiger partial charge in [0.1, 0.15) is 5.82 Å². The molecule has 3 rings (SSSR count). The van der Waals surface area contributed by atoms with Crippen LogP contribution in [0.5, 0.6) is 0 Å². The minimum Gasteiger partial charge on any atom is -0.505 e. The predicted molar refractivity (Wildman–Crippen MR) is 98.1 cm³/mol. The lowest BCUT2D eigenvalue weighted by atomic mass is 10.1. The highest BCUT2D eigenvalue weighted by Crippen LogP contribution is 2.34. The van der Waals surface area contributed by atoms with E-state index in [0.29, 0.717) is 0 Å². The Morgan fingerprint density at radius 2 is 1.68 bits per heavy atom. The van der Waals surface area contributed by atoms with E-state index in [1.54, 1.807) is 30.3 Å². The van der Waals surface area contributed by atoms with Crippen molar-refractivity contribution >= 4 is 35.3 Å². The summed E-state index contributed by atoms with van der Waals surface area (Å²) in [4.78, 5) is 37.9. The lowest BCUT2D eigenvalue weighted by Gasteiger charge is -2.28. The molecule has 2 heterocycles. The number of nitrogens with zero attached hydrogens (tertiary/aromatic N) is 2. The molecule has 0 radical (unpaired) electrons. The van der Waals surface area contributed by atoms with Crippen LogP contribution in [-0.4, -0.2) is 50.4 Å². The van der Waals surface area contributed by atoms with Gasteiger partial charge in [0.2, 0.25) is 0 Å². The summed E-state index contributed by atoms with van der Waals surface area (Å²) in [6.45, 7) is 0. The highest BCUT2D eigenvalue weighted by Gasteiger charge is 2.37. The van der Waals surface area contributed by atoms with Crippen molar-refractivity contribution < 1.29 is 37.6 Å². The number of rotatable bonds is 2. The van der Waals surface area contributed by atoms with Crippen LogP contribution in [-0.2, 0) is 19.4 Å². The molecule has 0 atom stereocenters. The molecule has 0 bridgehead atoms. The van der Waals surface area contributed by atoms with Crippen LogP contribution in [0.2, 0.25) is 0 Å². The molecule has 13 heteroatoms. The van der Waals surface area contributed by atoms with E-state index in [9.17, 15) is 18.3 Å². The Morgan fingerprint density at radius 3 is 2.25 bits per heavy atom. The maximum Gasteiger partial charge on any atom is 0.466 e. The fourth-order valence-corrected chi connectivity index (χ4v) is 3.69. The van der Waals surface area contributed by atoms with Crippen LogP contribution in [0, 0.1) is 0 Å². The summed E-state index contributed by atoms with van der Waals surface area (Å²) >= 11 is 0. The third kappa shape index (κ3) is 4.94. The highest BCUT2D eigenvalue weighted by atomic mass is 32.2. The van der Waals surface area contributed by atoms with E-state index in [1.807, 2.05) is 0 Å². The molecule has 150 valence electrons. The van der Waals surface area contributed by atoms with E-state index in [2.05, 4.69) is 10.3 Å². The summed E-state index contributed by atoms with van der Waals surface area (Å²) in [6.07, 6.45) is 1.49. The Labute approximate surface area is 159 Å². The third-order valence-corrected chi connectivity index (χ3v) is 5.26. The summed E-state index contributed by atoms with van der Waals surface area (Å²) < 4.78 is 34.7. The van der Waals surface area contributed by atoms with Gasteiger partial charge in [-0.3, -0.25) is 9.10 Å². The smallest absolute Gasteiger partial charge is 0.466 e. The number of aromatic nitrogens is 1. The number of hydrogen-bond acceptors (Lipinski definition) is 6. The minimum atomic E-state index is -4.64. The first-order valence-electron chi connectivity index (χ1n) is 7.45. The SMILES string of the molecule is CN1C(C(=O)Nc2ccccn2)=C(O)c2ccccc2S1(=O)=O.O=P(O)(O)O. The first kappa shape index (κ1) is 21.5. The number of amides is 1. The molecule has 1 aromatic carbocycles. The van der Waals surface area contributed by atoms with Gasteiger partial charge in [-0.05, 0) is 24.3 Å². The molecular weight excluding hydrogens is 413 g/mol. The first-order chi connectivity index (χ1) is 12.9. The number of pyridine rings is 1. The largest absolute Gasteiger partial charge is 0.505 e. The number of aliphatic hydroxyl groups excluding tert-OH is 1.